The molecule has 0 radical (unpaired) electrons. The minimum atomic E-state index is -0.0189. The Kier molecular flexibility index (Phi) is 17.8. The van der Waals surface area contributed by atoms with Crippen LogP contribution in [0.3, 0.4) is 0 Å². The van der Waals surface area contributed by atoms with Gasteiger partial charge in [0.1, 0.15) is 0 Å². The van der Waals surface area contributed by atoms with Crippen LogP contribution in [0.2, 0.25) is 0 Å². The first-order valence-electron chi connectivity index (χ1n) is 23.2. The average Bonchev–Trinajstić information content (AvgIpc) is 3.27. The molecule has 0 bridgehead atoms. The number of rotatable bonds is 15. The maximum atomic E-state index is 7.16. The van der Waals surface area contributed by atoms with Crippen LogP contribution in [0.5, 0.6) is 0 Å². The molecule has 1 nitrogen and oxygen atoms in total. The maximum Gasteiger partial charge on any atom is 0.0352 e. The van der Waals surface area contributed by atoms with E-state index in [0.717, 1.165) is 57.1 Å². The van der Waals surface area contributed by atoms with Gasteiger partial charge >= 0.3 is 0 Å². The van der Waals surface area contributed by atoms with E-state index in [2.05, 4.69) is 207 Å². The van der Waals surface area contributed by atoms with E-state index in [1.54, 1.807) is 0 Å². The fourth-order valence-corrected chi connectivity index (χ4v) is 8.13. The lowest BCUT2D eigenvalue weighted by Crippen LogP contribution is -2.23. The van der Waals surface area contributed by atoms with Crippen molar-refractivity contribution in [2.75, 3.05) is 0 Å². The quantitative estimate of drug-likeness (QED) is 0.139. The first-order valence-corrected chi connectivity index (χ1v) is 23.2. The maximum absolute atomic E-state index is 7.16. The second-order valence-electron chi connectivity index (χ2n) is 23.8. The van der Waals surface area contributed by atoms with Gasteiger partial charge in [-0.25, -0.2) is 0 Å². The standard InChI is InChI=1S/C58H93N/c1-23-44(28-26-27-29-46(54(9,10)11)38-45(24-2)53(6,7)8)41(5)49(36-43-32-33-50(57(18,19)20)52(59)51(37-43)58(21,22)25-3)40(4)30-31-42-34-47(55(12,13)14)39-48(35-42)56(15,16)17/h24,26-27,32,34-35,37-39,45H,2,23,25,28-31,33,36,59H2,1,3-22H3/b27-26+,44-41+,46-38+,49-40-. The van der Waals surface area contributed by atoms with E-state index in [-0.39, 0.29) is 32.5 Å². The third kappa shape index (κ3) is 15.1. The Morgan fingerprint density at radius 3 is 1.75 bits per heavy atom. The van der Waals surface area contributed by atoms with E-state index >= 15 is 0 Å². The van der Waals surface area contributed by atoms with E-state index in [9.17, 15) is 0 Å². The molecular weight excluding hydrogens is 711 g/mol. The van der Waals surface area contributed by atoms with Gasteiger partial charge < -0.3 is 5.73 Å². The zero-order chi connectivity index (χ0) is 45.5. The molecule has 330 valence electrons. The zero-order valence-corrected chi connectivity index (χ0v) is 42.7. The molecule has 0 fully saturated rings. The van der Waals surface area contributed by atoms with Crippen LogP contribution in [0.15, 0.2) is 112 Å². The van der Waals surface area contributed by atoms with Crippen LogP contribution >= 0.6 is 0 Å². The van der Waals surface area contributed by atoms with Crippen molar-refractivity contribution in [1.29, 1.82) is 0 Å². The molecule has 1 heteroatoms. The summed E-state index contributed by atoms with van der Waals surface area (Å²) in [7, 11) is 0. The van der Waals surface area contributed by atoms with Gasteiger partial charge in [-0.3, -0.25) is 0 Å². The summed E-state index contributed by atoms with van der Waals surface area (Å²) in [4.78, 5) is 0. The molecule has 0 saturated carbocycles. The Bertz CT molecular complexity index is 1800. The number of benzene rings is 1. The molecule has 0 aromatic heterocycles. The highest BCUT2D eigenvalue weighted by Crippen LogP contribution is 2.43. The van der Waals surface area contributed by atoms with Crippen LogP contribution in [0.4, 0.5) is 0 Å². The Balaban J connectivity index is 2.77. The molecule has 1 atom stereocenters. The summed E-state index contributed by atoms with van der Waals surface area (Å²) in [5, 5.41) is 0. The van der Waals surface area contributed by atoms with Crippen molar-refractivity contribution in [3.8, 4) is 0 Å². The molecule has 2 rings (SSSR count). The topological polar surface area (TPSA) is 26.0 Å². The highest BCUT2D eigenvalue weighted by Gasteiger charge is 2.31. The van der Waals surface area contributed by atoms with E-state index in [1.807, 2.05) is 0 Å². The van der Waals surface area contributed by atoms with Crippen molar-refractivity contribution in [3.05, 3.63) is 128 Å². The summed E-state index contributed by atoms with van der Waals surface area (Å²) >= 11 is 0. The van der Waals surface area contributed by atoms with Crippen LogP contribution in [-0.2, 0) is 17.3 Å². The average molecular weight is 804 g/mol. The molecule has 0 aliphatic heterocycles. The highest BCUT2D eigenvalue weighted by molar-refractivity contribution is 5.50. The first-order chi connectivity index (χ1) is 26.8. The predicted octanol–water partition coefficient (Wildman–Crippen LogP) is 17.8. The Hall–Kier alpha value is -3.06. The summed E-state index contributed by atoms with van der Waals surface area (Å²) < 4.78 is 0. The summed E-state index contributed by atoms with van der Waals surface area (Å²) in [5.41, 5.74) is 24.4. The highest BCUT2D eigenvalue weighted by atomic mass is 14.6. The normalized spacial score (nSPS) is 17.1. The van der Waals surface area contributed by atoms with Gasteiger partial charge in [-0.2, -0.15) is 0 Å². The molecule has 0 heterocycles. The SMILES string of the molecule is C=CC(/C=C(\C/C=C/C/C(CC)=C(C)/C(CC1=CCC(C(C)(C)C)=C(N)C(C(C)(C)CC)=C1)=C(/C)CCc1cc(C(C)(C)C)cc(C(C)(C)C)c1)C(C)(C)C)C(C)(C)C. The molecule has 1 aromatic carbocycles. The monoisotopic (exact) mass is 804 g/mol. The fraction of sp³-hybridized carbons (Fsp3) is 0.621. The zero-order valence-electron chi connectivity index (χ0n) is 42.7. The van der Waals surface area contributed by atoms with Crippen molar-refractivity contribution < 1.29 is 0 Å². The van der Waals surface area contributed by atoms with Crippen LogP contribution < -0.4 is 5.73 Å². The minimum absolute atomic E-state index is 0.0000506. The molecular formula is C58H93N. The molecule has 0 amide bonds. The van der Waals surface area contributed by atoms with Crippen molar-refractivity contribution in [2.24, 2.45) is 33.3 Å². The van der Waals surface area contributed by atoms with Crippen molar-refractivity contribution in [2.45, 2.75) is 208 Å². The van der Waals surface area contributed by atoms with Gasteiger partial charge in [0.2, 0.25) is 0 Å². The minimum Gasteiger partial charge on any atom is -0.398 e. The van der Waals surface area contributed by atoms with Gasteiger partial charge in [0.15, 0.2) is 0 Å². The number of allylic oxidation sites excluding steroid dienone is 14. The summed E-state index contributed by atoms with van der Waals surface area (Å²) in [6, 6.07) is 7.40. The van der Waals surface area contributed by atoms with Crippen molar-refractivity contribution >= 4 is 0 Å². The van der Waals surface area contributed by atoms with Crippen molar-refractivity contribution in [1.82, 2.24) is 0 Å². The lowest BCUT2D eigenvalue weighted by atomic mass is 9.75. The largest absolute Gasteiger partial charge is 0.398 e. The van der Waals surface area contributed by atoms with Crippen LogP contribution in [0, 0.1) is 27.6 Å². The lowest BCUT2D eigenvalue weighted by molar-refractivity contribution is 0.338. The molecule has 1 aliphatic rings. The van der Waals surface area contributed by atoms with E-state index in [1.165, 1.54) is 61.3 Å². The summed E-state index contributed by atoms with van der Waals surface area (Å²) in [6.07, 6.45) is 22.3. The fourth-order valence-electron chi connectivity index (χ4n) is 8.13. The Morgan fingerprint density at radius 1 is 0.763 bits per heavy atom. The Morgan fingerprint density at radius 2 is 1.31 bits per heavy atom. The molecule has 0 saturated heterocycles. The van der Waals surface area contributed by atoms with Gasteiger partial charge in [0.25, 0.3) is 0 Å². The molecule has 1 unspecified atom stereocenters. The smallest absolute Gasteiger partial charge is 0.0352 e. The van der Waals surface area contributed by atoms with Gasteiger partial charge in [-0.05, 0) is 148 Å². The number of nitrogens with two attached hydrogens (primary N) is 1. The summed E-state index contributed by atoms with van der Waals surface area (Å²) in [6.45, 7) is 53.4. The van der Waals surface area contributed by atoms with Crippen LogP contribution in [-0.4, -0.2) is 0 Å². The molecule has 1 aromatic rings. The van der Waals surface area contributed by atoms with Crippen LogP contribution in [0.1, 0.15) is 207 Å². The number of hydrogen-bond acceptors (Lipinski definition) is 1. The van der Waals surface area contributed by atoms with Crippen LogP contribution in [0.25, 0.3) is 0 Å². The lowest BCUT2D eigenvalue weighted by Gasteiger charge is -2.31. The van der Waals surface area contributed by atoms with E-state index < -0.39 is 0 Å². The van der Waals surface area contributed by atoms with Gasteiger partial charge in [-0.15, -0.1) is 6.58 Å². The van der Waals surface area contributed by atoms with Gasteiger partial charge in [0, 0.05) is 5.70 Å². The molecule has 59 heavy (non-hydrogen) atoms. The molecule has 2 N–H and O–H groups in total. The first kappa shape index (κ1) is 52.1. The summed E-state index contributed by atoms with van der Waals surface area (Å²) in [5.74, 6) is 0.339. The third-order valence-corrected chi connectivity index (χ3v) is 13.3. The second-order valence-corrected chi connectivity index (χ2v) is 23.8. The van der Waals surface area contributed by atoms with Gasteiger partial charge in [0.05, 0.1) is 0 Å². The number of aryl methyl sites for hydroxylation is 1. The molecule has 0 spiro atoms. The predicted molar refractivity (Wildman–Crippen MR) is 267 cm³/mol. The van der Waals surface area contributed by atoms with E-state index in [0.29, 0.717) is 5.92 Å². The van der Waals surface area contributed by atoms with Crippen molar-refractivity contribution in [3.63, 3.8) is 0 Å². The van der Waals surface area contributed by atoms with Gasteiger partial charge in [-0.1, -0.05) is 203 Å². The third-order valence-electron chi connectivity index (χ3n) is 13.3. The number of hydrogen-bond donors (Lipinski definition) is 1. The van der Waals surface area contributed by atoms with E-state index in [4.69, 9.17) is 5.73 Å². The Labute approximate surface area is 367 Å². The molecule has 1 aliphatic carbocycles. The second kappa shape index (κ2) is 20.2.